The Morgan fingerprint density at radius 1 is 1.00 bits per heavy atom. The summed E-state index contributed by atoms with van der Waals surface area (Å²) in [6.07, 6.45) is 0. The number of benzene rings is 3. The van der Waals surface area contributed by atoms with E-state index in [1.165, 1.54) is 0 Å². The summed E-state index contributed by atoms with van der Waals surface area (Å²) in [5, 5.41) is 11.3. The van der Waals surface area contributed by atoms with E-state index in [1.807, 2.05) is 24.3 Å². The molecular formula is C18H12N2O2. The van der Waals surface area contributed by atoms with Crippen LogP contribution in [0.5, 0.6) is 0 Å². The molecule has 1 heterocycles. The molecule has 0 bridgehead atoms. The minimum Gasteiger partial charge on any atom is -0.478 e. The lowest BCUT2D eigenvalue weighted by atomic mass is 10.0. The summed E-state index contributed by atoms with van der Waals surface area (Å²) in [4.78, 5) is 18.9. The van der Waals surface area contributed by atoms with Crippen molar-refractivity contribution in [3.63, 3.8) is 0 Å². The van der Waals surface area contributed by atoms with Crippen molar-refractivity contribution in [2.75, 3.05) is 0 Å². The molecule has 0 aliphatic heterocycles. The van der Waals surface area contributed by atoms with Gasteiger partial charge in [-0.1, -0.05) is 42.5 Å². The number of carboxylic acid groups (broad SMARTS) is 1. The van der Waals surface area contributed by atoms with E-state index >= 15 is 0 Å². The fourth-order valence-corrected chi connectivity index (χ4v) is 2.70. The molecule has 0 saturated heterocycles. The average Bonchev–Trinajstić information content (AvgIpc) is 2.97. The van der Waals surface area contributed by atoms with Crippen LogP contribution >= 0.6 is 0 Å². The largest absolute Gasteiger partial charge is 0.478 e. The first kappa shape index (κ1) is 12.6. The van der Waals surface area contributed by atoms with Gasteiger partial charge in [0.05, 0.1) is 16.6 Å². The van der Waals surface area contributed by atoms with Crippen LogP contribution in [-0.2, 0) is 0 Å². The van der Waals surface area contributed by atoms with Gasteiger partial charge in [-0.05, 0) is 29.0 Å². The third kappa shape index (κ3) is 1.93. The predicted octanol–water partition coefficient (Wildman–Crippen LogP) is 4.08. The molecule has 4 rings (SSSR count). The van der Waals surface area contributed by atoms with Gasteiger partial charge in [-0.25, -0.2) is 9.78 Å². The SMILES string of the molecule is O=C(O)c1ccc2nc(-c3cccc4ccccc34)[nH]c2c1. The maximum absolute atomic E-state index is 11.1. The summed E-state index contributed by atoms with van der Waals surface area (Å²) >= 11 is 0. The first-order valence-electron chi connectivity index (χ1n) is 6.93. The summed E-state index contributed by atoms with van der Waals surface area (Å²) in [5.41, 5.74) is 2.74. The van der Waals surface area contributed by atoms with Crippen molar-refractivity contribution in [1.82, 2.24) is 9.97 Å². The lowest BCUT2D eigenvalue weighted by Crippen LogP contribution is -1.94. The van der Waals surface area contributed by atoms with Gasteiger partial charge in [-0.3, -0.25) is 0 Å². The van der Waals surface area contributed by atoms with Crippen molar-refractivity contribution in [2.24, 2.45) is 0 Å². The molecule has 0 aliphatic rings. The molecular weight excluding hydrogens is 276 g/mol. The molecule has 0 unspecified atom stereocenters. The van der Waals surface area contributed by atoms with Gasteiger partial charge in [-0.2, -0.15) is 0 Å². The molecule has 1 aromatic heterocycles. The summed E-state index contributed by atoms with van der Waals surface area (Å²) in [7, 11) is 0. The zero-order valence-electron chi connectivity index (χ0n) is 11.6. The molecule has 2 N–H and O–H groups in total. The molecule has 0 atom stereocenters. The molecule has 106 valence electrons. The molecule has 4 nitrogen and oxygen atoms in total. The lowest BCUT2D eigenvalue weighted by molar-refractivity contribution is 0.0697. The Morgan fingerprint density at radius 2 is 1.82 bits per heavy atom. The highest BCUT2D eigenvalue weighted by Gasteiger charge is 2.10. The normalized spacial score (nSPS) is 11.1. The monoisotopic (exact) mass is 288 g/mol. The summed E-state index contributed by atoms with van der Waals surface area (Å²) in [6, 6.07) is 19.1. The van der Waals surface area contributed by atoms with E-state index in [1.54, 1.807) is 18.2 Å². The van der Waals surface area contributed by atoms with E-state index in [0.717, 1.165) is 33.2 Å². The van der Waals surface area contributed by atoms with Gasteiger partial charge in [0.1, 0.15) is 5.82 Å². The topological polar surface area (TPSA) is 66.0 Å². The van der Waals surface area contributed by atoms with Crippen molar-refractivity contribution >= 4 is 27.8 Å². The van der Waals surface area contributed by atoms with Gasteiger partial charge in [0, 0.05) is 5.56 Å². The van der Waals surface area contributed by atoms with Crippen LogP contribution in [0, 0.1) is 0 Å². The molecule has 22 heavy (non-hydrogen) atoms. The molecule has 0 fully saturated rings. The fraction of sp³-hybridized carbons (Fsp3) is 0. The fourth-order valence-electron chi connectivity index (χ4n) is 2.70. The second kappa shape index (κ2) is 4.70. The number of rotatable bonds is 2. The second-order valence-electron chi connectivity index (χ2n) is 5.15. The first-order valence-corrected chi connectivity index (χ1v) is 6.93. The van der Waals surface area contributed by atoms with Crippen LogP contribution in [0.3, 0.4) is 0 Å². The van der Waals surface area contributed by atoms with Crippen LogP contribution in [0.15, 0.2) is 60.7 Å². The maximum atomic E-state index is 11.1. The quantitative estimate of drug-likeness (QED) is 0.584. The van der Waals surface area contributed by atoms with E-state index in [0.29, 0.717) is 0 Å². The van der Waals surface area contributed by atoms with Gasteiger partial charge in [0.15, 0.2) is 0 Å². The highest BCUT2D eigenvalue weighted by molar-refractivity contribution is 5.97. The van der Waals surface area contributed by atoms with E-state index in [4.69, 9.17) is 5.11 Å². The number of imidazole rings is 1. The smallest absolute Gasteiger partial charge is 0.335 e. The Bertz CT molecular complexity index is 1010. The van der Waals surface area contributed by atoms with E-state index in [9.17, 15) is 4.79 Å². The van der Waals surface area contributed by atoms with Crippen LogP contribution in [-0.4, -0.2) is 21.0 Å². The molecule has 0 amide bonds. The number of nitrogens with one attached hydrogen (secondary N) is 1. The number of carbonyl (C=O) groups is 1. The number of carboxylic acids is 1. The molecule has 4 heteroatoms. The second-order valence-corrected chi connectivity index (χ2v) is 5.15. The van der Waals surface area contributed by atoms with Crippen LogP contribution in [0.1, 0.15) is 10.4 Å². The van der Waals surface area contributed by atoms with E-state index in [-0.39, 0.29) is 5.56 Å². The number of hydrogen-bond acceptors (Lipinski definition) is 2. The number of hydrogen-bond donors (Lipinski definition) is 2. The minimum absolute atomic E-state index is 0.251. The zero-order valence-corrected chi connectivity index (χ0v) is 11.6. The van der Waals surface area contributed by atoms with Crippen molar-refractivity contribution in [3.8, 4) is 11.4 Å². The Morgan fingerprint density at radius 3 is 2.68 bits per heavy atom. The van der Waals surface area contributed by atoms with Crippen LogP contribution < -0.4 is 0 Å². The minimum atomic E-state index is -0.941. The van der Waals surface area contributed by atoms with Crippen molar-refractivity contribution in [1.29, 1.82) is 0 Å². The van der Waals surface area contributed by atoms with Crippen molar-refractivity contribution in [2.45, 2.75) is 0 Å². The zero-order chi connectivity index (χ0) is 15.1. The molecule has 0 radical (unpaired) electrons. The maximum Gasteiger partial charge on any atom is 0.335 e. The third-order valence-electron chi connectivity index (χ3n) is 3.77. The Balaban J connectivity index is 1.95. The van der Waals surface area contributed by atoms with E-state index < -0.39 is 5.97 Å². The van der Waals surface area contributed by atoms with Crippen LogP contribution in [0.2, 0.25) is 0 Å². The average molecular weight is 288 g/mol. The van der Waals surface area contributed by atoms with Gasteiger partial charge in [0.25, 0.3) is 0 Å². The molecule has 3 aromatic carbocycles. The molecule has 0 aliphatic carbocycles. The number of aromatic amines is 1. The lowest BCUT2D eigenvalue weighted by Gasteiger charge is -2.03. The molecule has 0 spiro atoms. The van der Waals surface area contributed by atoms with Gasteiger partial charge in [-0.15, -0.1) is 0 Å². The van der Waals surface area contributed by atoms with Crippen molar-refractivity contribution in [3.05, 3.63) is 66.2 Å². The molecule has 0 saturated carbocycles. The Hall–Kier alpha value is -3.14. The number of H-pyrrole nitrogens is 1. The third-order valence-corrected chi connectivity index (χ3v) is 3.77. The number of aromatic carboxylic acids is 1. The van der Waals surface area contributed by atoms with Gasteiger partial charge in [0.2, 0.25) is 0 Å². The Labute approximate surface area is 126 Å². The van der Waals surface area contributed by atoms with Gasteiger partial charge >= 0.3 is 5.97 Å². The highest BCUT2D eigenvalue weighted by atomic mass is 16.4. The predicted molar refractivity (Wildman–Crippen MR) is 86.0 cm³/mol. The van der Waals surface area contributed by atoms with Crippen LogP contribution in [0.4, 0.5) is 0 Å². The van der Waals surface area contributed by atoms with Crippen molar-refractivity contribution < 1.29 is 9.90 Å². The first-order chi connectivity index (χ1) is 10.7. The van der Waals surface area contributed by atoms with Crippen LogP contribution in [0.25, 0.3) is 33.2 Å². The summed E-state index contributed by atoms with van der Waals surface area (Å²) in [6.45, 7) is 0. The summed E-state index contributed by atoms with van der Waals surface area (Å²) < 4.78 is 0. The molecule has 4 aromatic rings. The number of fused-ring (bicyclic) bond motifs is 2. The number of aromatic nitrogens is 2. The standard InChI is InChI=1S/C18H12N2O2/c21-18(22)12-8-9-15-16(10-12)20-17(19-15)14-7-3-5-11-4-1-2-6-13(11)14/h1-10H,(H,19,20)(H,21,22). The van der Waals surface area contributed by atoms with E-state index in [2.05, 4.69) is 28.2 Å². The number of nitrogens with zero attached hydrogens (tertiary/aromatic N) is 1. The summed E-state index contributed by atoms with van der Waals surface area (Å²) in [5.74, 6) is -0.197. The van der Waals surface area contributed by atoms with Gasteiger partial charge < -0.3 is 10.1 Å². The Kier molecular flexibility index (Phi) is 2.69. The highest BCUT2D eigenvalue weighted by Crippen LogP contribution is 2.28.